The van der Waals surface area contributed by atoms with Gasteiger partial charge >= 0.3 is 6.03 Å². The Balaban J connectivity index is 1.52. The molecule has 6 heteroatoms. The number of rotatable bonds is 3. The van der Waals surface area contributed by atoms with Gasteiger partial charge in [-0.1, -0.05) is 36.8 Å². The molecule has 2 amide bonds. The molecule has 0 unspecified atom stereocenters. The molecule has 1 aromatic carbocycles. The van der Waals surface area contributed by atoms with E-state index in [4.69, 9.17) is 4.74 Å². The van der Waals surface area contributed by atoms with Crippen molar-refractivity contribution >= 4 is 11.7 Å². The zero-order valence-corrected chi connectivity index (χ0v) is 14.7. The van der Waals surface area contributed by atoms with Crippen LogP contribution in [0.1, 0.15) is 30.7 Å². The Labute approximate surface area is 147 Å². The lowest BCUT2D eigenvalue weighted by Crippen LogP contribution is -2.39. The summed E-state index contributed by atoms with van der Waals surface area (Å²) in [4.78, 5) is 14.8. The number of ether oxygens (including phenoxy) is 1. The molecule has 2 aliphatic rings. The van der Waals surface area contributed by atoms with Gasteiger partial charge in [0.25, 0.3) is 5.88 Å². The third-order valence-corrected chi connectivity index (χ3v) is 5.72. The van der Waals surface area contributed by atoms with Gasteiger partial charge in [-0.25, -0.2) is 4.79 Å². The summed E-state index contributed by atoms with van der Waals surface area (Å²) in [5, 5.41) is 7.15. The van der Waals surface area contributed by atoms with Gasteiger partial charge < -0.3 is 15.0 Å². The molecule has 2 heterocycles. The second-order valence-electron chi connectivity index (χ2n) is 7.22. The van der Waals surface area contributed by atoms with Gasteiger partial charge in [0.1, 0.15) is 5.69 Å². The standard InChI is InChI=1S/C19H24N4O2/c1-22-12-16(17(21-22)25-2)20-18(24)23-11-15(14-7-4-3-5-8-14)19(13-23)9-6-10-19/h3-5,7-8,12,15H,6,9-11,13H2,1-2H3,(H,20,24)/t15-/m1/s1. The fourth-order valence-corrected chi connectivity index (χ4v) is 4.30. The minimum atomic E-state index is -0.0731. The summed E-state index contributed by atoms with van der Waals surface area (Å²) in [5.74, 6) is 0.858. The first kappa shape index (κ1) is 16.0. The first-order chi connectivity index (χ1) is 12.1. The molecule has 1 saturated carbocycles. The van der Waals surface area contributed by atoms with Crippen molar-refractivity contribution in [3.8, 4) is 5.88 Å². The van der Waals surface area contributed by atoms with Crippen molar-refractivity contribution in [1.82, 2.24) is 14.7 Å². The number of benzene rings is 1. The number of anilines is 1. The van der Waals surface area contributed by atoms with Crippen molar-refractivity contribution in [3.05, 3.63) is 42.1 Å². The Morgan fingerprint density at radius 3 is 2.72 bits per heavy atom. The number of carbonyl (C=O) groups excluding carboxylic acids is 1. The van der Waals surface area contributed by atoms with E-state index in [1.54, 1.807) is 18.0 Å². The molecular weight excluding hydrogens is 316 g/mol. The van der Waals surface area contributed by atoms with Crippen molar-refractivity contribution in [2.45, 2.75) is 25.2 Å². The second kappa shape index (κ2) is 6.10. The maximum absolute atomic E-state index is 12.8. The van der Waals surface area contributed by atoms with Crippen molar-refractivity contribution in [1.29, 1.82) is 0 Å². The Morgan fingerprint density at radius 1 is 1.32 bits per heavy atom. The van der Waals surface area contributed by atoms with Gasteiger partial charge in [0.2, 0.25) is 0 Å². The van der Waals surface area contributed by atoms with Crippen LogP contribution >= 0.6 is 0 Å². The van der Waals surface area contributed by atoms with Gasteiger partial charge in [0.05, 0.1) is 13.3 Å². The lowest BCUT2D eigenvalue weighted by molar-refractivity contribution is 0.125. The van der Waals surface area contributed by atoms with Crippen LogP contribution in [0.2, 0.25) is 0 Å². The summed E-state index contributed by atoms with van der Waals surface area (Å²) in [6, 6.07) is 10.5. The topological polar surface area (TPSA) is 59.4 Å². The highest BCUT2D eigenvalue weighted by Gasteiger charge is 2.51. The van der Waals surface area contributed by atoms with Gasteiger partial charge in [-0.15, -0.1) is 5.10 Å². The van der Waals surface area contributed by atoms with E-state index >= 15 is 0 Å². The van der Waals surface area contributed by atoms with Crippen molar-refractivity contribution in [2.75, 3.05) is 25.5 Å². The predicted octanol–water partition coefficient (Wildman–Crippen LogP) is 3.23. The highest BCUT2D eigenvalue weighted by atomic mass is 16.5. The highest BCUT2D eigenvalue weighted by Crippen LogP contribution is 2.55. The van der Waals surface area contributed by atoms with Crippen LogP contribution in [0.5, 0.6) is 5.88 Å². The summed E-state index contributed by atoms with van der Waals surface area (Å²) in [7, 11) is 3.37. The molecule has 1 saturated heterocycles. The molecule has 4 rings (SSSR count). The van der Waals surface area contributed by atoms with Crippen LogP contribution in [0.15, 0.2) is 36.5 Å². The Morgan fingerprint density at radius 2 is 2.08 bits per heavy atom. The van der Waals surface area contributed by atoms with E-state index in [9.17, 15) is 4.79 Å². The zero-order valence-electron chi connectivity index (χ0n) is 14.7. The van der Waals surface area contributed by atoms with Gasteiger partial charge in [-0.2, -0.15) is 0 Å². The molecule has 1 N–H and O–H groups in total. The van der Waals surface area contributed by atoms with Crippen molar-refractivity contribution < 1.29 is 9.53 Å². The average Bonchev–Trinajstić information content (AvgIpc) is 3.16. The predicted molar refractivity (Wildman–Crippen MR) is 95.8 cm³/mol. The minimum absolute atomic E-state index is 0.0731. The van der Waals surface area contributed by atoms with E-state index in [0.717, 1.165) is 13.1 Å². The lowest BCUT2D eigenvalue weighted by atomic mass is 9.61. The van der Waals surface area contributed by atoms with Crippen LogP contribution in [0.25, 0.3) is 0 Å². The number of aromatic nitrogens is 2. The quantitative estimate of drug-likeness (QED) is 0.933. The van der Waals surface area contributed by atoms with Crippen LogP contribution in [0.3, 0.4) is 0 Å². The van der Waals surface area contributed by atoms with Crippen LogP contribution in [-0.2, 0) is 7.05 Å². The fraction of sp³-hybridized carbons (Fsp3) is 0.474. The number of methoxy groups -OCH3 is 1. The minimum Gasteiger partial charge on any atom is -0.478 e. The van der Waals surface area contributed by atoms with Crippen LogP contribution < -0.4 is 10.1 Å². The summed E-state index contributed by atoms with van der Waals surface area (Å²) in [6.45, 7) is 1.58. The molecule has 25 heavy (non-hydrogen) atoms. The van der Waals surface area contributed by atoms with Crippen molar-refractivity contribution in [3.63, 3.8) is 0 Å². The molecule has 2 aromatic rings. The molecular formula is C19H24N4O2. The molecule has 132 valence electrons. The zero-order chi connectivity index (χ0) is 17.4. The summed E-state index contributed by atoms with van der Waals surface area (Å²) >= 11 is 0. The first-order valence-corrected chi connectivity index (χ1v) is 8.80. The highest BCUT2D eigenvalue weighted by molar-refractivity contribution is 5.90. The van der Waals surface area contributed by atoms with Gasteiger partial charge in [0, 0.05) is 26.1 Å². The van der Waals surface area contributed by atoms with E-state index in [0.29, 0.717) is 17.5 Å². The SMILES string of the molecule is COc1nn(C)cc1NC(=O)N1C[C@H](c2ccccc2)C2(CCC2)C1. The van der Waals surface area contributed by atoms with Crippen molar-refractivity contribution in [2.24, 2.45) is 12.5 Å². The Kier molecular flexibility index (Phi) is 3.90. The van der Waals surface area contributed by atoms with Gasteiger partial charge in [-0.05, 0) is 23.8 Å². The molecule has 1 aromatic heterocycles. The van der Waals surface area contributed by atoms with E-state index in [1.165, 1.54) is 24.8 Å². The molecule has 1 atom stereocenters. The molecule has 1 spiro atoms. The molecule has 6 nitrogen and oxygen atoms in total. The molecule has 0 bridgehead atoms. The number of likely N-dealkylation sites (tertiary alicyclic amines) is 1. The number of amides is 2. The fourth-order valence-electron chi connectivity index (χ4n) is 4.30. The summed E-state index contributed by atoms with van der Waals surface area (Å²) in [5.41, 5.74) is 2.20. The smallest absolute Gasteiger partial charge is 0.322 e. The number of nitrogens with zero attached hydrogens (tertiary/aromatic N) is 3. The Bertz CT molecular complexity index is 767. The molecule has 0 radical (unpaired) electrons. The van der Waals surface area contributed by atoms with E-state index < -0.39 is 0 Å². The van der Waals surface area contributed by atoms with Gasteiger partial charge in [0.15, 0.2) is 0 Å². The lowest BCUT2D eigenvalue weighted by Gasteiger charge is -2.43. The molecule has 1 aliphatic carbocycles. The second-order valence-corrected chi connectivity index (χ2v) is 7.22. The number of nitrogens with one attached hydrogen (secondary N) is 1. The summed E-state index contributed by atoms with van der Waals surface area (Å²) < 4.78 is 6.87. The third kappa shape index (κ3) is 2.75. The number of hydrogen-bond acceptors (Lipinski definition) is 3. The van der Waals surface area contributed by atoms with Gasteiger partial charge in [-0.3, -0.25) is 4.68 Å². The molecule has 2 fully saturated rings. The van der Waals surface area contributed by atoms with E-state index in [2.05, 4.69) is 34.7 Å². The first-order valence-electron chi connectivity index (χ1n) is 8.80. The summed E-state index contributed by atoms with van der Waals surface area (Å²) in [6.07, 6.45) is 5.43. The molecule has 1 aliphatic heterocycles. The maximum atomic E-state index is 12.8. The Hall–Kier alpha value is -2.50. The number of urea groups is 1. The van der Waals surface area contributed by atoms with Crippen LogP contribution in [0.4, 0.5) is 10.5 Å². The largest absolute Gasteiger partial charge is 0.478 e. The number of aryl methyl sites for hydroxylation is 1. The third-order valence-electron chi connectivity index (χ3n) is 5.72. The van der Waals surface area contributed by atoms with E-state index in [-0.39, 0.29) is 11.4 Å². The monoisotopic (exact) mass is 340 g/mol. The average molecular weight is 340 g/mol. The maximum Gasteiger partial charge on any atom is 0.322 e. The normalized spacial score (nSPS) is 21.2. The number of carbonyl (C=O) groups is 1. The van der Waals surface area contributed by atoms with Crippen LogP contribution in [0, 0.1) is 5.41 Å². The van der Waals surface area contributed by atoms with E-state index in [1.807, 2.05) is 18.0 Å². The van der Waals surface area contributed by atoms with Crippen LogP contribution in [-0.4, -0.2) is 40.9 Å². The number of hydrogen-bond donors (Lipinski definition) is 1.